The van der Waals surface area contributed by atoms with Crippen molar-refractivity contribution in [1.29, 1.82) is 0 Å². The maximum atomic E-state index is 11.2. The van der Waals surface area contributed by atoms with Crippen LogP contribution in [0.1, 0.15) is 12.0 Å². The van der Waals surface area contributed by atoms with Crippen LogP contribution in [-0.2, 0) is 15.3 Å². The molecule has 2 rings (SSSR count). The van der Waals surface area contributed by atoms with E-state index in [0.29, 0.717) is 6.42 Å². The molecule has 0 aliphatic carbocycles. The second-order valence-electron chi connectivity index (χ2n) is 4.46. The number of aromatic nitrogens is 1. The third kappa shape index (κ3) is 3.71. The fourth-order valence-electron chi connectivity index (χ4n) is 1.95. The van der Waals surface area contributed by atoms with Crippen LogP contribution < -0.4 is 5.73 Å². The summed E-state index contributed by atoms with van der Waals surface area (Å²) in [4.78, 5) is 15.6. The van der Waals surface area contributed by atoms with Gasteiger partial charge >= 0.3 is 5.97 Å². The lowest BCUT2D eigenvalue weighted by Gasteiger charge is -2.09. The van der Waals surface area contributed by atoms with Crippen molar-refractivity contribution in [3.63, 3.8) is 0 Å². The Hall–Kier alpha value is -1.59. The SMILES string of the molecule is COC(=O)C(N)CCSCc1cccc2cccnc12. The highest BCUT2D eigenvalue weighted by atomic mass is 32.2. The molecule has 2 N–H and O–H groups in total. The molecule has 20 heavy (non-hydrogen) atoms. The monoisotopic (exact) mass is 290 g/mol. The molecular formula is C15H18N2O2S. The molecule has 0 fully saturated rings. The highest BCUT2D eigenvalue weighted by molar-refractivity contribution is 7.98. The van der Waals surface area contributed by atoms with Crippen LogP contribution in [0.4, 0.5) is 0 Å². The first-order valence-electron chi connectivity index (χ1n) is 6.46. The molecule has 0 radical (unpaired) electrons. The summed E-state index contributed by atoms with van der Waals surface area (Å²) in [6, 6.07) is 9.66. The van der Waals surface area contributed by atoms with Gasteiger partial charge in [-0.3, -0.25) is 9.78 Å². The fourth-order valence-corrected chi connectivity index (χ4v) is 2.96. The number of rotatable bonds is 6. The third-order valence-electron chi connectivity index (χ3n) is 3.05. The number of fused-ring (bicyclic) bond motifs is 1. The summed E-state index contributed by atoms with van der Waals surface area (Å²) in [7, 11) is 1.36. The Labute approximate surface area is 122 Å². The maximum Gasteiger partial charge on any atom is 0.322 e. The molecule has 0 aliphatic rings. The van der Waals surface area contributed by atoms with Gasteiger partial charge in [-0.2, -0.15) is 11.8 Å². The number of nitrogens with zero attached hydrogens (tertiary/aromatic N) is 1. The average molecular weight is 290 g/mol. The number of ether oxygens (including phenoxy) is 1. The number of hydrogen-bond acceptors (Lipinski definition) is 5. The lowest BCUT2D eigenvalue weighted by atomic mass is 10.1. The topological polar surface area (TPSA) is 65.2 Å². The Balaban J connectivity index is 1.89. The number of carbonyl (C=O) groups is 1. The smallest absolute Gasteiger partial charge is 0.322 e. The molecule has 1 atom stereocenters. The Kier molecular flexibility index (Phi) is 5.38. The van der Waals surface area contributed by atoms with Gasteiger partial charge in [0, 0.05) is 17.3 Å². The number of nitrogens with two attached hydrogens (primary N) is 1. The van der Waals surface area contributed by atoms with Crippen LogP contribution >= 0.6 is 11.8 Å². The highest BCUT2D eigenvalue weighted by Gasteiger charge is 2.12. The summed E-state index contributed by atoms with van der Waals surface area (Å²) in [5.41, 5.74) is 7.95. The molecule has 0 spiro atoms. The van der Waals surface area contributed by atoms with E-state index in [1.54, 1.807) is 11.8 Å². The molecule has 2 aromatic rings. The summed E-state index contributed by atoms with van der Waals surface area (Å²) in [5, 5.41) is 1.15. The van der Waals surface area contributed by atoms with Crippen LogP contribution in [0.5, 0.6) is 0 Å². The summed E-state index contributed by atoms with van der Waals surface area (Å²) < 4.78 is 4.60. The number of benzene rings is 1. The Bertz CT molecular complexity index is 584. The third-order valence-corrected chi connectivity index (χ3v) is 4.09. The number of carbonyl (C=O) groups excluding carboxylic acids is 1. The summed E-state index contributed by atoms with van der Waals surface area (Å²) >= 11 is 1.75. The molecule has 1 heterocycles. The second kappa shape index (κ2) is 7.26. The van der Waals surface area contributed by atoms with Crippen LogP contribution in [0, 0.1) is 0 Å². The van der Waals surface area contributed by atoms with E-state index in [1.807, 2.05) is 18.3 Å². The van der Waals surface area contributed by atoms with Crippen molar-refractivity contribution in [2.24, 2.45) is 5.73 Å². The zero-order chi connectivity index (χ0) is 14.4. The average Bonchev–Trinajstić information content (AvgIpc) is 2.50. The minimum Gasteiger partial charge on any atom is -0.468 e. The van der Waals surface area contributed by atoms with E-state index in [0.717, 1.165) is 22.4 Å². The van der Waals surface area contributed by atoms with Crippen LogP contribution in [0.2, 0.25) is 0 Å². The molecule has 0 saturated heterocycles. The normalized spacial score (nSPS) is 12.3. The predicted octanol–water partition coefficient (Wildman–Crippen LogP) is 2.36. The van der Waals surface area contributed by atoms with Crippen LogP contribution in [0.25, 0.3) is 10.9 Å². The number of esters is 1. The number of pyridine rings is 1. The molecule has 1 aromatic carbocycles. The quantitative estimate of drug-likeness (QED) is 0.653. The molecule has 1 unspecified atom stereocenters. The van der Waals surface area contributed by atoms with Crippen molar-refractivity contribution in [3.05, 3.63) is 42.1 Å². The standard InChI is InChI=1S/C15H18N2O2S/c1-19-15(18)13(16)7-9-20-10-12-5-2-4-11-6-3-8-17-14(11)12/h2-6,8,13H,7,9-10,16H2,1H3. The van der Waals surface area contributed by atoms with Gasteiger partial charge in [0.2, 0.25) is 0 Å². The number of thioether (sulfide) groups is 1. The van der Waals surface area contributed by atoms with Gasteiger partial charge in [0.15, 0.2) is 0 Å². The van der Waals surface area contributed by atoms with Gasteiger partial charge < -0.3 is 10.5 Å². The van der Waals surface area contributed by atoms with Gasteiger partial charge in [-0.05, 0) is 23.8 Å². The first kappa shape index (κ1) is 14.8. The molecule has 4 nitrogen and oxygen atoms in total. The van der Waals surface area contributed by atoms with Crippen LogP contribution in [0.3, 0.4) is 0 Å². The van der Waals surface area contributed by atoms with E-state index >= 15 is 0 Å². The van der Waals surface area contributed by atoms with Gasteiger partial charge in [0.1, 0.15) is 6.04 Å². The lowest BCUT2D eigenvalue weighted by molar-refractivity contribution is -0.142. The molecule has 0 aliphatic heterocycles. The minimum absolute atomic E-state index is 0.350. The first-order chi connectivity index (χ1) is 9.72. The van der Waals surface area contributed by atoms with Crippen molar-refractivity contribution in [2.75, 3.05) is 12.9 Å². The van der Waals surface area contributed by atoms with Gasteiger partial charge in [0.25, 0.3) is 0 Å². The van der Waals surface area contributed by atoms with E-state index in [1.165, 1.54) is 12.7 Å². The summed E-state index contributed by atoms with van der Waals surface area (Å²) in [6.07, 6.45) is 2.43. The van der Waals surface area contributed by atoms with Crippen molar-refractivity contribution >= 4 is 28.6 Å². The van der Waals surface area contributed by atoms with Crippen LogP contribution in [0.15, 0.2) is 36.5 Å². The van der Waals surface area contributed by atoms with Gasteiger partial charge in [-0.15, -0.1) is 0 Å². The molecule has 5 heteroatoms. The Morgan fingerprint density at radius 3 is 3.00 bits per heavy atom. The van der Waals surface area contributed by atoms with Gasteiger partial charge in [-0.25, -0.2) is 0 Å². The number of para-hydroxylation sites is 1. The first-order valence-corrected chi connectivity index (χ1v) is 7.61. The van der Waals surface area contributed by atoms with Crippen molar-refractivity contribution in [2.45, 2.75) is 18.2 Å². The van der Waals surface area contributed by atoms with E-state index < -0.39 is 6.04 Å². The Morgan fingerprint density at radius 2 is 2.20 bits per heavy atom. The molecule has 0 bridgehead atoms. The predicted molar refractivity (Wildman–Crippen MR) is 82.5 cm³/mol. The Morgan fingerprint density at radius 1 is 1.40 bits per heavy atom. The highest BCUT2D eigenvalue weighted by Crippen LogP contribution is 2.21. The summed E-state index contributed by atoms with van der Waals surface area (Å²) in [5.74, 6) is 1.33. The van der Waals surface area contributed by atoms with Crippen molar-refractivity contribution < 1.29 is 9.53 Å². The van der Waals surface area contributed by atoms with E-state index in [-0.39, 0.29) is 5.97 Å². The van der Waals surface area contributed by atoms with Gasteiger partial charge in [-0.1, -0.05) is 24.3 Å². The van der Waals surface area contributed by atoms with Crippen LogP contribution in [-0.4, -0.2) is 29.9 Å². The second-order valence-corrected chi connectivity index (χ2v) is 5.57. The lowest BCUT2D eigenvalue weighted by Crippen LogP contribution is -2.31. The molecule has 1 aromatic heterocycles. The molecular weight excluding hydrogens is 272 g/mol. The zero-order valence-electron chi connectivity index (χ0n) is 11.4. The van der Waals surface area contributed by atoms with E-state index in [4.69, 9.17) is 5.73 Å². The minimum atomic E-state index is -0.529. The molecule has 0 amide bonds. The van der Waals surface area contributed by atoms with E-state index in [2.05, 4.69) is 27.9 Å². The van der Waals surface area contributed by atoms with Crippen molar-refractivity contribution in [1.82, 2.24) is 4.98 Å². The zero-order valence-corrected chi connectivity index (χ0v) is 12.2. The van der Waals surface area contributed by atoms with Crippen molar-refractivity contribution in [3.8, 4) is 0 Å². The summed E-state index contributed by atoms with van der Waals surface area (Å²) in [6.45, 7) is 0. The fraction of sp³-hybridized carbons (Fsp3) is 0.333. The maximum absolute atomic E-state index is 11.2. The number of hydrogen-bond donors (Lipinski definition) is 1. The van der Waals surface area contributed by atoms with E-state index in [9.17, 15) is 4.79 Å². The van der Waals surface area contributed by atoms with Gasteiger partial charge in [0.05, 0.1) is 12.6 Å². The molecule has 0 saturated carbocycles. The molecule has 106 valence electrons. The largest absolute Gasteiger partial charge is 0.468 e. The number of methoxy groups -OCH3 is 1.